The fourth-order valence-corrected chi connectivity index (χ4v) is 5.37. The second-order valence-electron chi connectivity index (χ2n) is 9.86. The standard InChI is InChI=1S/C32H34F2N2O3S/c1-20(38-4)10-8-9-11-23-14-16-25(17-15-23)26-18-27(33)29(28(34)19-26)31-30(21(2)36-40-31)35-32(37)39-22(3)24-12-6-5-7-13-24/h5-7,12-20,22H,8-11H2,1-4H3,(H,35,37)/t20?,22-/m1/s1. The Hall–Kier alpha value is -3.62. The van der Waals surface area contributed by atoms with Crippen LogP contribution in [0.15, 0.2) is 66.7 Å². The molecule has 8 heteroatoms. The number of hydrogen-bond acceptors (Lipinski definition) is 5. The van der Waals surface area contributed by atoms with Gasteiger partial charge >= 0.3 is 6.09 Å². The topological polar surface area (TPSA) is 60.5 Å². The van der Waals surface area contributed by atoms with Gasteiger partial charge in [0, 0.05) is 7.11 Å². The molecule has 5 nitrogen and oxygen atoms in total. The van der Waals surface area contributed by atoms with E-state index in [-0.39, 0.29) is 22.2 Å². The van der Waals surface area contributed by atoms with Crippen molar-refractivity contribution in [1.29, 1.82) is 0 Å². The Morgan fingerprint density at radius 3 is 2.30 bits per heavy atom. The Bertz CT molecular complexity index is 1400. The van der Waals surface area contributed by atoms with Crippen LogP contribution < -0.4 is 5.32 Å². The number of benzene rings is 3. The zero-order valence-corrected chi connectivity index (χ0v) is 24.0. The van der Waals surface area contributed by atoms with Crippen molar-refractivity contribution < 1.29 is 23.0 Å². The summed E-state index contributed by atoms with van der Waals surface area (Å²) < 4.78 is 45.8. The van der Waals surface area contributed by atoms with E-state index in [2.05, 4.69) is 16.6 Å². The number of nitrogens with one attached hydrogen (secondary N) is 1. The van der Waals surface area contributed by atoms with Crippen LogP contribution in [-0.2, 0) is 15.9 Å². The first-order valence-electron chi connectivity index (χ1n) is 13.4. The fourth-order valence-electron chi connectivity index (χ4n) is 4.47. The number of hydrogen-bond donors (Lipinski definition) is 1. The van der Waals surface area contributed by atoms with E-state index in [4.69, 9.17) is 9.47 Å². The molecule has 0 saturated carbocycles. The summed E-state index contributed by atoms with van der Waals surface area (Å²) in [6.07, 6.45) is 3.10. The number of halogens is 2. The Kier molecular flexibility index (Phi) is 10.0. The molecule has 4 aromatic rings. The predicted octanol–water partition coefficient (Wildman–Crippen LogP) is 9.12. The van der Waals surface area contributed by atoms with Crippen LogP contribution in [0.25, 0.3) is 21.6 Å². The highest BCUT2D eigenvalue weighted by atomic mass is 32.1. The molecule has 40 heavy (non-hydrogen) atoms. The van der Waals surface area contributed by atoms with Crippen molar-refractivity contribution in [3.63, 3.8) is 0 Å². The molecule has 4 rings (SSSR count). The second-order valence-corrected chi connectivity index (χ2v) is 10.6. The van der Waals surface area contributed by atoms with Crippen LogP contribution in [0, 0.1) is 18.6 Å². The minimum absolute atomic E-state index is 0.196. The van der Waals surface area contributed by atoms with Crippen molar-refractivity contribution in [2.45, 2.75) is 58.7 Å². The highest BCUT2D eigenvalue weighted by molar-refractivity contribution is 7.10. The van der Waals surface area contributed by atoms with Crippen molar-refractivity contribution in [3.8, 4) is 21.6 Å². The molecule has 0 radical (unpaired) electrons. The van der Waals surface area contributed by atoms with Gasteiger partial charge in [0.25, 0.3) is 0 Å². The zero-order chi connectivity index (χ0) is 28.6. The third-order valence-corrected chi connectivity index (χ3v) is 7.88. The van der Waals surface area contributed by atoms with Crippen LogP contribution in [0.4, 0.5) is 19.3 Å². The van der Waals surface area contributed by atoms with E-state index in [0.29, 0.717) is 11.3 Å². The van der Waals surface area contributed by atoms with E-state index < -0.39 is 23.8 Å². The summed E-state index contributed by atoms with van der Waals surface area (Å²) >= 11 is 0.923. The Morgan fingerprint density at radius 2 is 1.65 bits per heavy atom. The van der Waals surface area contributed by atoms with Crippen LogP contribution in [0.5, 0.6) is 0 Å². The number of carbonyl (C=O) groups excluding carboxylic acids is 1. The number of carbonyl (C=O) groups is 1. The molecule has 3 aromatic carbocycles. The van der Waals surface area contributed by atoms with Gasteiger partial charge in [0.15, 0.2) is 0 Å². The van der Waals surface area contributed by atoms with Crippen molar-refractivity contribution in [2.24, 2.45) is 0 Å². The molecule has 1 amide bonds. The predicted molar refractivity (Wildman–Crippen MR) is 157 cm³/mol. The van der Waals surface area contributed by atoms with Crippen LogP contribution in [0.1, 0.15) is 56.0 Å². The van der Waals surface area contributed by atoms with Gasteiger partial charge in [-0.05, 0) is 86.0 Å². The van der Waals surface area contributed by atoms with Crippen molar-refractivity contribution in [2.75, 3.05) is 12.4 Å². The average Bonchev–Trinajstić information content (AvgIpc) is 3.30. The quantitative estimate of drug-likeness (QED) is 0.185. The Labute approximate surface area is 238 Å². The van der Waals surface area contributed by atoms with Crippen LogP contribution in [-0.4, -0.2) is 23.7 Å². The lowest BCUT2D eigenvalue weighted by atomic mass is 9.99. The van der Waals surface area contributed by atoms with Crippen LogP contribution >= 0.6 is 11.5 Å². The SMILES string of the molecule is COC(C)CCCCc1ccc(-c2cc(F)c(-c3snc(C)c3NC(=O)O[C@H](C)c3ccccc3)c(F)c2)cc1. The molecule has 0 saturated heterocycles. The van der Waals surface area contributed by atoms with Crippen molar-refractivity contribution >= 4 is 23.3 Å². The van der Waals surface area contributed by atoms with E-state index >= 15 is 8.78 Å². The van der Waals surface area contributed by atoms with Gasteiger partial charge in [-0.25, -0.2) is 13.6 Å². The maximum Gasteiger partial charge on any atom is 0.412 e. The molecule has 1 unspecified atom stereocenters. The highest BCUT2D eigenvalue weighted by Crippen LogP contribution is 2.39. The molecule has 0 aliphatic heterocycles. The van der Waals surface area contributed by atoms with Gasteiger partial charge in [-0.1, -0.05) is 61.0 Å². The summed E-state index contributed by atoms with van der Waals surface area (Å²) in [6.45, 7) is 5.48. The van der Waals surface area contributed by atoms with E-state index in [1.165, 1.54) is 17.7 Å². The normalized spacial score (nSPS) is 12.7. The maximum absolute atomic E-state index is 15.4. The van der Waals surface area contributed by atoms with E-state index in [1.807, 2.05) is 54.6 Å². The molecule has 0 aliphatic carbocycles. The summed E-state index contributed by atoms with van der Waals surface area (Å²) in [4.78, 5) is 12.8. The number of methoxy groups -OCH3 is 1. The number of aromatic nitrogens is 1. The fraction of sp³-hybridized carbons (Fsp3) is 0.312. The van der Waals surface area contributed by atoms with Gasteiger partial charge in [-0.15, -0.1) is 0 Å². The summed E-state index contributed by atoms with van der Waals surface area (Å²) in [5, 5.41) is 2.64. The average molecular weight is 565 g/mol. The minimum atomic E-state index is -0.732. The molecule has 0 bridgehead atoms. The molecule has 0 spiro atoms. The first-order chi connectivity index (χ1) is 19.3. The summed E-state index contributed by atoms with van der Waals surface area (Å²) in [5.74, 6) is -1.46. The molecular formula is C32H34F2N2O3S. The minimum Gasteiger partial charge on any atom is -0.441 e. The lowest BCUT2D eigenvalue weighted by Gasteiger charge is -2.15. The summed E-state index contributed by atoms with van der Waals surface area (Å²) in [7, 11) is 1.72. The highest BCUT2D eigenvalue weighted by Gasteiger charge is 2.23. The summed E-state index contributed by atoms with van der Waals surface area (Å²) in [6, 6.07) is 19.7. The van der Waals surface area contributed by atoms with Gasteiger partial charge in [-0.2, -0.15) is 4.37 Å². The van der Waals surface area contributed by atoms with E-state index in [9.17, 15) is 4.79 Å². The maximum atomic E-state index is 15.4. The van der Waals surface area contributed by atoms with Crippen LogP contribution in [0.3, 0.4) is 0 Å². The number of amides is 1. The molecular weight excluding hydrogens is 530 g/mol. The van der Waals surface area contributed by atoms with Gasteiger partial charge in [-0.3, -0.25) is 5.32 Å². The number of anilines is 1. The molecule has 1 aromatic heterocycles. The van der Waals surface area contributed by atoms with Gasteiger partial charge in [0.05, 0.1) is 27.9 Å². The lowest BCUT2D eigenvalue weighted by Crippen LogP contribution is -2.16. The zero-order valence-electron chi connectivity index (χ0n) is 23.2. The molecule has 210 valence electrons. The number of aryl methyl sites for hydroxylation is 2. The smallest absolute Gasteiger partial charge is 0.412 e. The second kappa shape index (κ2) is 13.6. The molecule has 2 atom stereocenters. The van der Waals surface area contributed by atoms with E-state index in [1.54, 1.807) is 21.0 Å². The first kappa shape index (κ1) is 29.4. The third kappa shape index (κ3) is 7.31. The molecule has 1 heterocycles. The van der Waals surface area contributed by atoms with Crippen molar-refractivity contribution in [1.82, 2.24) is 4.37 Å². The van der Waals surface area contributed by atoms with Gasteiger partial charge in [0.2, 0.25) is 0 Å². The molecule has 0 fully saturated rings. The lowest BCUT2D eigenvalue weighted by molar-refractivity contribution is 0.108. The van der Waals surface area contributed by atoms with Gasteiger partial charge in [0.1, 0.15) is 17.7 Å². The Balaban J connectivity index is 1.47. The van der Waals surface area contributed by atoms with Crippen LogP contribution in [0.2, 0.25) is 0 Å². The van der Waals surface area contributed by atoms with E-state index in [0.717, 1.165) is 48.3 Å². The largest absolute Gasteiger partial charge is 0.441 e. The van der Waals surface area contributed by atoms with Crippen molar-refractivity contribution in [3.05, 3.63) is 95.2 Å². The number of nitrogens with zero attached hydrogens (tertiary/aromatic N) is 1. The molecule has 0 aliphatic rings. The summed E-state index contributed by atoms with van der Waals surface area (Å²) in [5.41, 5.74) is 3.60. The number of ether oxygens (including phenoxy) is 2. The Morgan fingerprint density at radius 1 is 0.975 bits per heavy atom. The first-order valence-corrected chi connectivity index (χ1v) is 14.1. The molecule has 1 N–H and O–H groups in total. The van der Waals surface area contributed by atoms with Gasteiger partial charge < -0.3 is 9.47 Å². The number of unbranched alkanes of at least 4 members (excludes halogenated alkanes) is 1. The number of rotatable bonds is 11. The third-order valence-electron chi connectivity index (χ3n) is 6.93. The monoisotopic (exact) mass is 564 g/mol.